The van der Waals surface area contributed by atoms with Crippen LogP contribution in [-0.2, 0) is 16.0 Å². The molecule has 0 atom stereocenters. The van der Waals surface area contributed by atoms with Crippen LogP contribution in [-0.4, -0.2) is 28.9 Å². The molecule has 30 heavy (non-hydrogen) atoms. The first-order valence-corrected chi connectivity index (χ1v) is 9.72. The van der Waals surface area contributed by atoms with Crippen molar-refractivity contribution in [3.8, 4) is 0 Å². The normalized spacial score (nSPS) is 10.5. The van der Waals surface area contributed by atoms with Crippen molar-refractivity contribution >= 4 is 29.3 Å². The second-order valence-electron chi connectivity index (χ2n) is 6.78. The summed E-state index contributed by atoms with van der Waals surface area (Å²) in [6.07, 6.45) is -0.0148. The van der Waals surface area contributed by atoms with E-state index in [1.54, 1.807) is 73.1 Å². The van der Waals surface area contributed by atoms with Crippen molar-refractivity contribution in [2.24, 2.45) is 0 Å². The van der Waals surface area contributed by atoms with Crippen LogP contribution in [0.15, 0.2) is 60.7 Å². The second kappa shape index (κ2) is 9.41. The number of benzene rings is 2. The fraction of sp³-hybridized carbons (Fsp3) is 0.174. The molecule has 0 aliphatic carbocycles. The number of aromatic nitrogens is 1. The number of carbonyl (C=O) groups is 3. The molecule has 0 saturated carbocycles. The molecule has 7 heteroatoms. The SMILES string of the molecule is Cc1cc(C(=O)COC(=O)Cc2ccccc2Cl)c(C)n1NC(=O)c1ccccc1. The molecule has 2 aromatic carbocycles. The third kappa shape index (κ3) is 4.96. The van der Waals surface area contributed by atoms with E-state index in [4.69, 9.17) is 16.3 Å². The Balaban J connectivity index is 1.64. The minimum atomic E-state index is -0.539. The van der Waals surface area contributed by atoms with Gasteiger partial charge in [0.1, 0.15) is 0 Å². The molecule has 6 nitrogen and oxygen atoms in total. The summed E-state index contributed by atoms with van der Waals surface area (Å²) in [5, 5.41) is 0.471. The van der Waals surface area contributed by atoms with Gasteiger partial charge >= 0.3 is 5.97 Å². The number of nitrogens with zero attached hydrogens (tertiary/aromatic N) is 1. The van der Waals surface area contributed by atoms with Crippen LogP contribution in [0, 0.1) is 13.8 Å². The van der Waals surface area contributed by atoms with E-state index in [0.717, 1.165) is 0 Å². The third-order valence-electron chi connectivity index (χ3n) is 4.64. The molecule has 3 aromatic rings. The lowest BCUT2D eigenvalue weighted by Gasteiger charge is -2.11. The van der Waals surface area contributed by atoms with E-state index in [9.17, 15) is 14.4 Å². The number of carbonyl (C=O) groups excluding carboxylic acids is 3. The highest BCUT2D eigenvalue weighted by Gasteiger charge is 2.19. The molecule has 1 heterocycles. The van der Waals surface area contributed by atoms with Gasteiger partial charge < -0.3 is 4.74 Å². The van der Waals surface area contributed by atoms with E-state index in [-0.39, 0.29) is 24.7 Å². The highest BCUT2D eigenvalue weighted by atomic mass is 35.5. The van der Waals surface area contributed by atoms with Gasteiger partial charge in [-0.3, -0.25) is 24.5 Å². The van der Waals surface area contributed by atoms with Gasteiger partial charge in [0.15, 0.2) is 6.61 Å². The lowest BCUT2D eigenvalue weighted by molar-refractivity contribution is -0.141. The monoisotopic (exact) mass is 424 g/mol. The smallest absolute Gasteiger partial charge is 0.310 e. The number of esters is 1. The maximum atomic E-state index is 12.6. The van der Waals surface area contributed by atoms with Crippen LogP contribution < -0.4 is 5.43 Å². The molecule has 0 spiro atoms. The average Bonchev–Trinajstić information content (AvgIpc) is 3.02. The molecule has 0 unspecified atom stereocenters. The summed E-state index contributed by atoms with van der Waals surface area (Å²) in [6, 6.07) is 17.4. The van der Waals surface area contributed by atoms with Gasteiger partial charge in [-0.05, 0) is 43.7 Å². The first-order valence-electron chi connectivity index (χ1n) is 9.34. The molecule has 0 aliphatic rings. The molecule has 0 aliphatic heterocycles. The summed E-state index contributed by atoms with van der Waals surface area (Å²) in [5.41, 5.74) is 5.54. The van der Waals surface area contributed by atoms with E-state index in [2.05, 4.69) is 5.43 Å². The molecule has 0 radical (unpaired) electrons. The Hall–Kier alpha value is -3.38. The van der Waals surface area contributed by atoms with Gasteiger partial charge in [-0.15, -0.1) is 0 Å². The van der Waals surface area contributed by atoms with E-state index >= 15 is 0 Å². The summed E-state index contributed by atoms with van der Waals surface area (Å²) >= 11 is 6.04. The summed E-state index contributed by atoms with van der Waals surface area (Å²) in [5.74, 6) is -1.18. The largest absolute Gasteiger partial charge is 0.457 e. The number of ketones is 1. The third-order valence-corrected chi connectivity index (χ3v) is 5.01. The molecule has 1 aromatic heterocycles. The number of halogens is 1. The van der Waals surface area contributed by atoms with Crippen LogP contribution in [0.25, 0.3) is 0 Å². The topological polar surface area (TPSA) is 77.4 Å². The van der Waals surface area contributed by atoms with Crippen LogP contribution in [0.3, 0.4) is 0 Å². The first kappa shape index (κ1) is 21.3. The minimum absolute atomic E-state index is 0.0148. The minimum Gasteiger partial charge on any atom is -0.457 e. The fourth-order valence-electron chi connectivity index (χ4n) is 3.04. The van der Waals surface area contributed by atoms with E-state index < -0.39 is 5.97 Å². The van der Waals surface area contributed by atoms with Crippen molar-refractivity contribution in [2.45, 2.75) is 20.3 Å². The number of hydrogen-bond donors (Lipinski definition) is 1. The zero-order chi connectivity index (χ0) is 21.7. The Bertz CT molecular complexity index is 1090. The number of amides is 1. The van der Waals surface area contributed by atoms with Gasteiger partial charge in [0.25, 0.3) is 5.91 Å². The number of Topliss-reactive ketones (excluding diaryl/α,β-unsaturated/α-hetero) is 1. The van der Waals surface area contributed by atoms with Crippen LogP contribution in [0.4, 0.5) is 0 Å². The Labute approximate surface area is 179 Å². The molecule has 1 amide bonds. The van der Waals surface area contributed by atoms with E-state index in [1.807, 2.05) is 6.07 Å². The average molecular weight is 425 g/mol. The van der Waals surface area contributed by atoms with Crippen LogP contribution in [0.5, 0.6) is 0 Å². The van der Waals surface area contributed by atoms with Gasteiger partial charge in [-0.1, -0.05) is 48.0 Å². The Morgan fingerprint density at radius 1 is 1.00 bits per heavy atom. The summed E-state index contributed by atoms with van der Waals surface area (Å²) in [6.45, 7) is 3.11. The van der Waals surface area contributed by atoms with Crippen LogP contribution in [0.1, 0.15) is 37.7 Å². The Morgan fingerprint density at radius 2 is 1.67 bits per heavy atom. The summed E-state index contributed by atoms with van der Waals surface area (Å²) in [7, 11) is 0. The molecule has 0 fully saturated rings. The van der Waals surface area contributed by atoms with Crippen molar-refractivity contribution in [3.63, 3.8) is 0 Å². The number of ether oxygens (including phenoxy) is 1. The van der Waals surface area contributed by atoms with E-state index in [1.165, 1.54) is 0 Å². The standard InChI is InChI=1S/C23H21ClN2O4/c1-15-12-19(16(2)26(15)25-23(29)17-8-4-3-5-9-17)21(27)14-30-22(28)13-18-10-6-7-11-20(18)24/h3-12H,13-14H2,1-2H3,(H,25,29). The lowest BCUT2D eigenvalue weighted by atomic mass is 10.1. The first-order chi connectivity index (χ1) is 14.4. The van der Waals surface area contributed by atoms with E-state index in [0.29, 0.717) is 33.1 Å². The number of rotatable bonds is 7. The predicted molar refractivity (Wildman–Crippen MR) is 114 cm³/mol. The van der Waals surface area contributed by atoms with Gasteiger partial charge in [0.05, 0.1) is 6.42 Å². The van der Waals surface area contributed by atoms with Crippen molar-refractivity contribution in [2.75, 3.05) is 12.0 Å². The van der Waals surface area contributed by atoms with Gasteiger partial charge in [0, 0.05) is 27.5 Å². The summed E-state index contributed by atoms with van der Waals surface area (Å²) < 4.78 is 6.68. The highest BCUT2D eigenvalue weighted by molar-refractivity contribution is 6.31. The van der Waals surface area contributed by atoms with Crippen LogP contribution >= 0.6 is 11.6 Å². The molecular formula is C23H21ClN2O4. The van der Waals surface area contributed by atoms with Crippen molar-refractivity contribution < 1.29 is 19.1 Å². The molecule has 0 saturated heterocycles. The number of hydrogen-bond acceptors (Lipinski definition) is 4. The molecule has 1 N–H and O–H groups in total. The second-order valence-corrected chi connectivity index (χ2v) is 7.19. The van der Waals surface area contributed by atoms with Crippen LogP contribution in [0.2, 0.25) is 5.02 Å². The van der Waals surface area contributed by atoms with Crippen molar-refractivity contribution in [1.82, 2.24) is 4.68 Å². The van der Waals surface area contributed by atoms with Crippen molar-refractivity contribution in [1.29, 1.82) is 0 Å². The predicted octanol–water partition coefficient (Wildman–Crippen LogP) is 4.11. The zero-order valence-corrected chi connectivity index (χ0v) is 17.4. The Kier molecular flexibility index (Phi) is 6.69. The lowest BCUT2D eigenvalue weighted by Crippen LogP contribution is -2.25. The highest BCUT2D eigenvalue weighted by Crippen LogP contribution is 2.17. The quantitative estimate of drug-likeness (QED) is 0.457. The molecule has 0 bridgehead atoms. The maximum Gasteiger partial charge on any atom is 0.310 e. The van der Waals surface area contributed by atoms with Gasteiger partial charge in [0.2, 0.25) is 5.78 Å². The van der Waals surface area contributed by atoms with Gasteiger partial charge in [-0.25, -0.2) is 0 Å². The molecular weight excluding hydrogens is 404 g/mol. The number of nitrogens with one attached hydrogen (secondary N) is 1. The molecule has 154 valence electrons. The van der Waals surface area contributed by atoms with Gasteiger partial charge in [-0.2, -0.15) is 0 Å². The zero-order valence-electron chi connectivity index (χ0n) is 16.6. The number of aryl methyl sites for hydroxylation is 1. The van der Waals surface area contributed by atoms with Crippen molar-refractivity contribution in [3.05, 3.63) is 93.8 Å². The Morgan fingerprint density at radius 3 is 2.37 bits per heavy atom. The molecule has 3 rings (SSSR count). The summed E-state index contributed by atoms with van der Waals surface area (Å²) in [4.78, 5) is 37.1. The maximum absolute atomic E-state index is 12.6. The fourth-order valence-corrected chi connectivity index (χ4v) is 3.25.